The second-order valence-corrected chi connectivity index (χ2v) is 24.4. The van der Waals surface area contributed by atoms with Gasteiger partial charge in [-0.1, -0.05) is 169 Å². The molecule has 5 amide bonds. The highest BCUT2D eigenvalue weighted by molar-refractivity contribution is 7.48. The largest absolute Gasteiger partial charge is 0.476 e. The Labute approximate surface area is 472 Å². The molecule has 1 aliphatic rings. The lowest BCUT2D eigenvalue weighted by atomic mass is 9.84. The van der Waals surface area contributed by atoms with E-state index < -0.39 is 54.5 Å². The number of pyridine rings is 2. The van der Waals surface area contributed by atoms with Crippen molar-refractivity contribution in [1.82, 2.24) is 35.7 Å². The number of aromatic nitrogens is 2. The maximum Gasteiger partial charge on any atom is 0.476 e. The van der Waals surface area contributed by atoms with Gasteiger partial charge >= 0.3 is 19.9 Å². The summed E-state index contributed by atoms with van der Waals surface area (Å²) >= 11 is 0. The first-order valence-electron chi connectivity index (χ1n) is 27.1. The van der Waals surface area contributed by atoms with E-state index in [4.69, 9.17) is 23.3 Å². The molecule has 2 aromatic heterocycles. The standard InChI is InChI=1S/C63H77N7O9P/c1-61(2,3)55(68-59(73)76-9)57(71)66-50(41-46-31-33-49(34-32-46)53-29-19-20-37-64-53)35-36-51(40-45-22-13-10-14-23-45)67-58(72)56(62(4,5)6)70-39-38-69(60(70)74)42-52-28-21-30-54(65-52)63(7,8)79-80(75,77-43-47-24-15-11-16-25-47)78-44-48-26-17-12-18-27-48/h10-34,36-37,50-51,55-56H,35,38-44H2,1-9H3,(H,66,71)(H,67,72)(H,68,73)/t50-,51+,55-,56-/m1/s1. The lowest BCUT2D eigenvalue weighted by Crippen LogP contribution is -2.57. The van der Waals surface area contributed by atoms with Gasteiger partial charge in [-0.25, -0.2) is 14.2 Å². The summed E-state index contributed by atoms with van der Waals surface area (Å²) in [6.45, 7) is 15.7. The highest BCUT2D eigenvalue weighted by Gasteiger charge is 2.45. The molecular weight excluding hydrogens is 1030 g/mol. The maximum atomic E-state index is 15.0. The number of nitrogens with zero attached hydrogens (tertiary/aromatic N) is 4. The molecule has 1 saturated heterocycles. The number of phosphoric acid groups is 1. The van der Waals surface area contributed by atoms with Gasteiger partial charge in [0.15, 0.2) is 0 Å². The molecule has 1 aliphatic heterocycles. The van der Waals surface area contributed by atoms with Crippen molar-refractivity contribution < 1.29 is 42.1 Å². The van der Waals surface area contributed by atoms with Crippen molar-refractivity contribution in [3.63, 3.8) is 0 Å². The van der Waals surface area contributed by atoms with Crippen LogP contribution in [0.15, 0.2) is 158 Å². The molecule has 0 saturated carbocycles. The van der Waals surface area contributed by atoms with Crippen molar-refractivity contribution in [1.29, 1.82) is 0 Å². The van der Waals surface area contributed by atoms with Crippen LogP contribution in [-0.4, -0.2) is 88.1 Å². The minimum atomic E-state index is -4.21. The number of carbonyl (C=O) groups is 4. The van der Waals surface area contributed by atoms with Crippen LogP contribution in [0.3, 0.4) is 0 Å². The quantitative estimate of drug-likeness (QED) is 0.0462. The molecule has 0 aliphatic carbocycles. The van der Waals surface area contributed by atoms with Crippen LogP contribution in [0.25, 0.3) is 11.3 Å². The third-order valence-electron chi connectivity index (χ3n) is 13.7. The molecule has 0 spiro atoms. The summed E-state index contributed by atoms with van der Waals surface area (Å²) in [7, 11) is -2.95. The number of nitrogens with one attached hydrogen (secondary N) is 3. The second kappa shape index (κ2) is 27.3. The van der Waals surface area contributed by atoms with Gasteiger partial charge in [0.25, 0.3) is 0 Å². The molecule has 3 N–H and O–H groups in total. The van der Waals surface area contributed by atoms with Crippen LogP contribution in [0.2, 0.25) is 0 Å². The van der Waals surface area contributed by atoms with Crippen LogP contribution in [0.4, 0.5) is 9.59 Å². The average Bonchev–Trinajstić information content (AvgIpc) is 3.87. The molecular formula is C63H77N7O9P. The Morgan fingerprint density at radius 1 is 0.650 bits per heavy atom. The number of phosphoric ester groups is 1. The van der Waals surface area contributed by atoms with E-state index in [2.05, 4.69) is 20.9 Å². The SMILES string of the molecule is COC(=O)N[C@H](C(=O)N[C@H](C[CH][C@@H](Cc1ccccc1)NC(=O)[C@@H](N1CCN(Cc2cccc(C(C)(C)OP(=O)(OCc3ccccc3)OCc3ccccc3)n2)C1=O)C(C)(C)C)Cc1ccc(-c2ccccn2)cc1)C(C)(C)C. The van der Waals surface area contributed by atoms with Gasteiger partial charge in [-0.15, -0.1) is 0 Å². The predicted molar refractivity (Wildman–Crippen MR) is 309 cm³/mol. The predicted octanol–water partition coefficient (Wildman–Crippen LogP) is 11.4. The Bertz CT molecular complexity index is 2960. The Morgan fingerprint density at radius 2 is 1.24 bits per heavy atom. The Morgan fingerprint density at radius 3 is 1.80 bits per heavy atom. The number of benzene rings is 4. The van der Waals surface area contributed by atoms with Crippen molar-refractivity contribution in [3.05, 3.63) is 198 Å². The average molecular weight is 1110 g/mol. The fourth-order valence-corrected chi connectivity index (χ4v) is 11.0. The molecule has 423 valence electrons. The fourth-order valence-electron chi connectivity index (χ4n) is 9.57. The van der Waals surface area contributed by atoms with Crippen LogP contribution in [0, 0.1) is 17.3 Å². The van der Waals surface area contributed by atoms with Gasteiger partial charge in [0.1, 0.15) is 17.7 Å². The first-order chi connectivity index (χ1) is 38.1. The molecule has 0 unspecified atom stereocenters. The second-order valence-electron chi connectivity index (χ2n) is 22.8. The van der Waals surface area contributed by atoms with Crippen LogP contribution < -0.4 is 16.0 Å². The van der Waals surface area contributed by atoms with Gasteiger partial charge in [-0.05, 0) is 96.9 Å². The van der Waals surface area contributed by atoms with Gasteiger partial charge < -0.3 is 30.5 Å². The van der Waals surface area contributed by atoms with E-state index in [0.29, 0.717) is 37.2 Å². The summed E-state index contributed by atoms with van der Waals surface area (Å²) in [6, 6.07) is 44.6. The summed E-state index contributed by atoms with van der Waals surface area (Å²) in [4.78, 5) is 69.0. The molecule has 0 bridgehead atoms. The summed E-state index contributed by atoms with van der Waals surface area (Å²) in [5.41, 5.74) is 3.71. The summed E-state index contributed by atoms with van der Waals surface area (Å²) < 4.78 is 37.5. The highest BCUT2D eigenvalue weighted by atomic mass is 31.2. The van der Waals surface area contributed by atoms with Crippen molar-refractivity contribution in [3.8, 4) is 11.3 Å². The number of urea groups is 1. The molecule has 6 aromatic rings. The zero-order valence-electron chi connectivity index (χ0n) is 47.5. The van der Waals surface area contributed by atoms with Gasteiger partial charge in [0.2, 0.25) is 11.8 Å². The Kier molecular flexibility index (Phi) is 20.6. The fraction of sp³-hybridized carbons (Fsp3) is 0.381. The van der Waals surface area contributed by atoms with Crippen LogP contribution in [0.5, 0.6) is 0 Å². The van der Waals surface area contributed by atoms with E-state index in [1.54, 1.807) is 35.9 Å². The van der Waals surface area contributed by atoms with Gasteiger partial charge in [-0.2, -0.15) is 0 Å². The topological polar surface area (TPSA) is 191 Å². The third kappa shape index (κ3) is 17.4. The molecule has 16 nitrogen and oxygen atoms in total. The molecule has 17 heteroatoms. The Hall–Kier alpha value is -7.23. The highest BCUT2D eigenvalue weighted by Crippen LogP contribution is 2.56. The van der Waals surface area contributed by atoms with E-state index in [9.17, 15) is 23.7 Å². The van der Waals surface area contributed by atoms with Crippen LogP contribution in [0.1, 0.15) is 95.5 Å². The number of alkyl carbamates (subject to hydrolysis) is 1. The molecule has 1 fully saturated rings. The zero-order valence-corrected chi connectivity index (χ0v) is 48.4. The first-order valence-corrected chi connectivity index (χ1v) is 28.6. The van der Waals surface area contributed by atoms with Crippen molar-refractivity contribution in [2.75, 3.05) is 20.2 Å². The van der Waals surface area contributed by atoms with E-state index in [1.165, 1.54) is 7.11 Å². The lowest BCUT2D eigenvalue weighted by Gasteiger charge is -2.37. The monoisotopic (exact) mass is 1110 g/mol. The van der Waals surface area contributed by atoms with E-state index >= 15 is 0 Å². The Balaban J connectivity index is 1.07. The normalized spacial score (nSPS) is 14.7. The number of amides is 5. The molecule has 1 radical (unpaired) electrons. The van der Waals surface area contributed by atoms with Gasteiger partial charge in [-0.3, -0.25) is 33.1 Å². The smallest absolute Gasteiger partial charge is 0.453 e. The number of hydrogen-bond donors (Lipinski definition) is 3. The third-order valence-corrected chi connectivity index (χ3v) is 15.3. The zero-order chi connectivity index (χ0) is 57.5. The van der Waals surface area contributed by atoms with Crippen LogP contribution in [-0.2, 0) is 70.7 Å². The molecule has 80 heavy (non-hydrogen) atoms. The lowest BCUT2D eigenvalue weighted by molar-refractivity contribution is -0.129. The summed E-state index contributed by atoms with van der Waals surface area (Å²) in [5.74, 6) is -0.698. The molecule has 7 rings (SSSR count). The number of hydrogen-bond acceptors (Lipinski definition) is 11. The van der Waals surface area contributed by atoms with Gasteiger partial charge in [0, 0.05) is 36.9 Å². The summed E-state index contributed by atoms with van der Waals surface area (Å²) in [5, 5.41) is 9.27. The minimum absolute atomic E-state index is 0.00905. The first kappa shape index (κ1) is 60.4. The molecule has 3 heterocycles. The van der Waals surface area contributed by atoms with Crippen LogP contribution >= 0.6 is 7.82 Å². The van der Waals surface area contributed by atoms with E-state index in [0.717, 1.165) is 33.5 Å². The maximum absolute atomic E-state index is 15.0. The molecule has 4 aromatic carbocycles. The van der Waals surface area contributed by atoms with Crippen molar-refractivity contribution in [2.24, 2.45) is 10.8 Å². The number of methoxy groups -OCH3 is 1. The van der Waals surface area contributed by atoms with Gasteiger partial charge in [0.05, 0.1) is 44.0 Å². The van der Waals surface area contributed by atoms with E-state index in [-0.39, 0.29) is 44.1 Å². The van der Waals surface area contributed by atoms with Crippen molar-refractivity contribution >= 4 is 31.8 Å². The summed E-state index contributed by atoms with van der Waals surface area (Å²) in [6.07, 6.45) is 4.26. The van der Waals surface area contributed by atoms with E-state index in [1.807, 2.05) is 194 Å². The number of carbonyl (C=O) groups excluding carboxylic acids is 4. The molecule has 4 atom stereocenters. The number of rotatable bonds is 25. The number of ether oxygens (including phenoxy) is 1. The minimum Gasteiger partial charge on any atom is -0.453 e. The van der Waals surface area contributed by atoms with Crippen molar-refractivity contribution in [2.45, 2.75) is 124 Å².